The number of nitrogens with zero attached hydrogens (tertiary/aromatic N) is 2. The topological polar surface area (TPSA) is 64.0 Å². The van der Waals surface area contributed by atoms with E-state index in [2.05, 4.69) is 9.71 Å². The molecule has 0 bridgehead atoms. The molecule has 25 heavy (non-hydrogen) atoms. The molecule has 3 rings (SSSR count). The van der Waals surface area contributed by atoms with E-state index in [4.69, 9.17) is 11.6 Å². The molecule has 1 heterocycles. The van der Waals surface area contributed by atoms with Crippen LogP contribution in [-0.4, -0.2) is 18.0 Å². The van der Waals surface area contributed by atoms with E-state index < -0.39 is 21.9 Å². The minimum atomic E-state index is -3.83. The molecule has 0 amide bonds. The van der Waals surface area contributed by atoms with E-state index in [0.29, 0.717) is 16.4 Å². The van der Waals surface area contributed by atoms with E-state index in [0.717, 1.165) is 0 Å². The van der Waals surface area contributed by atoms with Crippen molar-refractivity contribution in [3.63, 3.8) is 0 Å². The number of nitrogens with one attached hydrogen (secondary N) is 1. The van der Waals surface area contributed by atoms with E-state index in [1.807, 2.05) is 0 Å². The Hall–Kier alpha value is -2.22. The molecule has 1 unspecified atom stereocenters. The quantitative estimate of drug-likeness (QED) is 0.739. The fourth-order valence-corrected chi connectivity index (χ4v) is 3.73. The van der Waals surface area contributed by atoms with Crippen LogP contribution in [0.1, 0.15) is 17.4 Å². The smallest absolute Gasteiger partial charge is 0.241 e. The molecule has 0 radical (unpaired) electrons. The van der Waals surface area contributed by atoms with Gasteiger partial charge in [0.25, 0.3) is 0 Å². The van der Waals surface area contributed by atoms with Gasteiger partial charge >= 0.3 is 0 Å². The predicted molar refractivity (Wildman–Crippen MR) is 93.2 cm³/mol. The summed E-state index contributed by atoms with van der Waals surface area (Å²) in [6.45, 7) is 0. The van der Waals surface area contributed by atoms with Crippen LogP contribution >= 0.6 is 11.6 Å². The molecule has 0 aliphatic heterocycles. The summed E-state index contributed by atoms with van der Waals surface area (Å²) in [5.74, 6) is 0.0899. The van der Waals surface area contributed by atoms with Crippen molar-refractivity contribution in [2.45, 2.75) is 10.9 Å². The number of hydrogen-bond donors (Lipinski definition) is 1. The van der Waals surface area contributed by atoms with Gasteiger partial charge in [0.1, 0.15) is 17.7 Å². The van der Waals surface area contributed by atoms with Crippen molar-refractivity contribution < 1.29 is 12.8 Å². The van der Waals surface area contributed by atoms with Gasteiger partial charge in [-0.25, -0.2) is 17.8 Å². The number of imidazole rings is 1. The van der Waals surface area contributed by atoms with E-state index in [-0.39, 0.29) is 4.90 Å². The summed E-state index contributed by atoms with van der Waals surface area (Å²) in [6, 6.07) is 10.7. The van der Waals surface area contributed by atoms with Crippen molar-refractivity contribution in [2.24, 2.45) is 7.05 Å². The van der Waals surface area contributed by atoms with Crippen LogP contribution in [0.5, 0.6) is 0 Å². The van der Waals surface area contributed by atoms with Gasteiger partial charge < -0.3 is 4.57 Å². The van der Waals surface area contributed by atoms with E-state index >= 15 is 0 Å². The zero-order valence-electron chi connectivity index (χ0n) is 13.2. The van der Waals surface area contributed by atoms with Crippen LogP contribution in [0.25, 0.3) is 0 Å². The van der Waals surface area contributed by atoms with Crippen LogP contribution in [0.2, 0.25) is 5.02 Å². The highest BCUT2D eigenvalue weighted by Gasteiger charge is 2.25. The van der Waals surface area contributed by atoms with Crippen LogP contribution < -0.4 is 4.72 Å². The number of sulfonamides is 1. The molecule has 0 spiro atoms. The van der Waals surface area contributed by atoms with Crippen molar-refractivity contribution in [3.8, 4) is 0 Å². The highest BCUT2D eigenvalue weighted by atomic mass is 35.5. The van der Waals surface area contributed by atoms with E-state index in [1.165, 1.54) is 48.5 Å². The monoisotopic (exact) mass is 379 g/mol. The summed E-state index contributed by atoms with van der Waals surface area (Å²) in [7, 11) is -2.07. The standard InChI is InChI=1S/C17H15ClFN3O2S/c1-22-11-10-20-17(22)16(12-2-6-14(19)7-3-12)21-25(23,24)15-8-4-13(18)5-9-15/h2-11,16,21H,1H3. The normalized spacial score (nSPS) is 12.9. The molecular formula is C17H15ClFN3O2S. The molecule has 0 fully saturated rings. The first-order valence-corrected chi connectivity index (χ1v) is 9.23. The summed E-state index contributed by atoms with van der Waals surface area (Å²) < 4.78 is 43.0. The first kappa shape index (κ1) is 17.6. The Morgan fingerprint density at radius 2 is 1.76 bits per heavy atom. The van der Waals surface area contributed by atoms with Crippen molar-refractivity contribution in [2.75, 3.05) is 0 Å². The molecule has 0 aliphatic carbocycles. The summed E-state index contributed by atoms with van der Waals surface area (Å²) in [5, 5.41) is 0.443. The Kier molecular flexibility index (Phi) is 4.89. The molecule has 3 aromatic rings. The Morgan fingerprint density at radius 1 is 1.12 bits per heavy atom. The van der Waals surface area contributed by atoms with Crippen LogP contribution in [-0.2, 0) is 17.1 Å². The third-order valence-electron chi connectivity index (χ3n) is 3.72. The Morgan fingerprint density at radius 3 is 2.32 bits per heavy atom. The van der Waals surface area contributed by atoms with Crippen molar-refractivity contribution in [1.82, 2.24) is 14.3 Å². The van der Waals surface area contributed by atoms with Crippen LogP contribution in [0.4, 0.5) is 4.39 Å². The lowest BCUT2D eigenvalue weighted by Gasteiger charge is -2.19. The van der Waals surface area contributed by atoms with Gasteiger partial charge in [-0.15, -0.1) is 0 Å². The van der Waals surface area contributed by atoms with E-state index in [9.17, 15) is 12.8 Å². The zero-order chi connectivity index (χ0) is 18.0. The Labute approximate surface area is 150 Å². The average molecular weight is 380 g/mol. The Bertz CT molecular complexity index is 970. The third-order valence-corrected chi connectivity index (χ3v) is 5.41. The first-order chi connectivity index (χ1) is 11.9. The fourth-order valence-electron chi connectivity index (χ4n) is 2.42. The molecule has 2 aromatic carbocycles. The van der Waals surface area contributed by atoms with Crippen molar-refractivity contribution >= 4 is 21.6 Å². The molecule has 0 aliphatic rings. The lowest BCUT2D eigenvalue weighted by atomic mass is 10.1. The lowest BCUT2D eigenvalue weighted by molar-refractivity contribution is 0.562. The van der Waals surface area contributed by atoms with Gasteiger partial charge in [-0.3, -0.25) is 0 Å². The van der Waals surface area contributed by atoms with Gasteiger partial charge in [0.2, 0.25) is 10.0 Å². The summed E-state index contributed by atoms with van der Waals surface area (Å²) >= 11 is 5.82. The highest BCUT2D eigenvalue weighted by Crippen LogP contribution is 2.24. The summed E-state index contributed by atoms with van der Waals surface area (Å²) in [4.78, 5) is 4.31. The molecule has 1 N–H and O–H groups in total. The maximum absolute atomic E-state index is 13.2. The molecule has 1 atom stereocenters. The number of rotatable bonds is 5. The number of hydrogen-bond acceptors (Lipinski definition) is 3. The van der Waals surface area contributed by atoms with Gasteiger partial charge in [0, 0.05) is 24.5 Å². The first-order valence-electron chi connectivity index (χ1n) is 7.37. The number of aryl methyl sites for hydroxylation is 1. The summed E-state index contributed by atoms with van der Waals surface area (Å²) in [5.41, 5.74) is 0.577. The second-order valence-electron chi connectivity index (χ2n) is 5.46. The molecule has 0 saturated carbocycles. The van der Waals surface area contributed by atoms with Crippen molar-refractivity contribution in [3.05, 3.63) is 83.2 Å². The predicted octanol–water partition coefficient (Wildman–Crippen LogP) is 3.28. The van der Waals surface area contributed by atoms with Crippen LogP contribution in [0, 0.1) is 5.82 Å². The molecule has 0 saturated heterocycles. The van der Waals surface area contributed by atoms with Gasteiger partial charge in [0.05, 0.1) is 4.90 Å². The average Bonchev–Trinajstić information content (AvgIpc) is 3.00. The molecule has 5 nitrogen and oxygen atoms in total. The van der Waals surface area contributed by atoms with Crippen LogP contribution in [0.3, 0.4) is 0 Å². The van der Waals surface area contributed by atoms with Gasteiger partial charge in [0.15, 0.2) is 0 Å². The van der Waals surface area contributed by atoms with Gasteiger partial charge in [-0.1, -0.05) is 23.7 Å². The maximum atomic E-state index is 13.2. The maximum Gasteiger partial charge on any atom is 0.241 e. The number of benzene rings is 2. The second-order valence-corrected chi connectivity index (χ2v) is 7.61. The third kappa shape index (κ3) is 3.89. The number of halogens is 2. The van der Waals surface area contributed by atoms with E-state index in [1.54, 1.807) is 24.0 Å². The molecule has 130 valence electrons. The lowest BCUT2D eigenvalue weighted by Crippen LogP contribution is -2.31. The highest BCUT2D eigenvalue weighted by molar-refractivity contribution is 7.89. The van der Waals surface area contributed by atoms with Gasteiger partial charge in [-0.05, 0) is 42.0 Å². The molecular weight excluding hydrogens is 365 g/mol. The zero-order valence-corrected chi connectivity index (χ0v) is 14.8. The van der Waals surface area contributed by atoms with Gasteiger partial charge in [-0.2, -0.15) is 4.72 Å². The summed E-state index contributed by atoms with van der Waals surface area (Å²) in [6.07, 6.45) is 3.28. The van der Waals surface area contributed by atoms with Crippen molar-refractivity contribution in [1.29, 1.82) is 0 Å². The largest absolute Gasteiger partial charge is 0.336 e. The Balaban J connectivity index is 2.02. The van der Waals surface area contributed by atoms with Crippen LogP contribution in [0.15, 0.2) is 65.8 Å². The SMILES string of the molecule is Cn1ccnc1C(NS(=O)(=O)c1ccc(Cl)cc1)c1ccc(F)cc1. The minimum absolute atomic E-state index is 0.0817. The second kappa shape index (κ2) is 6.95. The molecule has 8 heteroatoms. The minimum Gasteiger partial charge on any atom is -0.336 e. The number of aromatic nitrogens is 2. The molecule has 1 aromatic heterocycles. The fraction of sp³-hybridized carbons (Fsp3) is 0.118.